The zero-order chi connectivity index (χ0) is 48.3. The molecular weight excluding hydrogens is 881 g/mol. The van der Waals surface area contributed by atoms with Crippen LogP contribution in [0, 0.1) is 0 Å². The third kappa shape index (κ3) is 6.94. The van der Waals surface area contributed by atoms with Gasteiger partial charge in [0.15, 0.2) is 0 Å². The van der Waals surface area contributed by atoms with Gasteiger partial charge in [0.2, 0.25) is 0 Å². The van der Waals surface area contributed by atoms with Gasteiger partial charge in [-0.1, -0.05) is 237 Å². The Hall–Kier alpha value is -9.50. The maximum Gasteiger partial charge on any atom is 0.0714 e. The van der Waals surface area contributed by atoms with Crippen LogP contribution in [0.2, 0.25) is 0 Å². The number of aromatic nitrogens is 1. The van der Waals surface area contributed by atoms with Gasteiger partial charge in [0.05, 0.1) is 22.1 Å². The maximum absolute atomic E-state index is 2.48. The van der Waals surface area contributed by atoms with Crippen LogP contribution in [-0.4, -0.2) is 4.57 Å². The van der Waals surface area contributed by atoms with Crippen LogP contribution >= 0.6 is 0 Å². The molecule has 0 amide bonds. The molecule has 0 N–H and O–H groups in total. The van der Waals surface area contributed by atoms with Crippen molar-refractivity contribution in [2.75, 3.05) is 4.90 Å². The monoisotopic (exact) mass is 928 g/mol. The van der Waals surface area contributed by atoms with Crippen molar-refractivity contribution < 1.29 is 0 Å². The first kappa shape index (κ1) is 42.4. The summed E-state index contributed by atoms with van der Waals surface area (Å²) in [5.74, 6) is 0. The second kappa shape index (κ2) is 17.4. The lowest BCUT2D eigenvalue weighted by Gasteiger charge is -2.34. The Morgan fingerprint density at radius 3 is 1.56 bits per heavy atom. The number of para-hydroxylation sites is 1. The van der Waals surface area contributed by atoms with Gasteiger partial charge in [0.25, 0.3) is 0 Å². The van der Waals surface area contributed by atoms with Crippen LogP contribution in [0.1, 0.15) is 22.3 Å². The third-order valence-electron chi connectivity index (χ3n) is 15.3. The molecule has 0 aliphatic heterocycles. The first-order valence-electron chi connectivity index (χ1n) is 25.2. The topological polar surface area (TPSA) is 8.17 Å². The van der Waals surface area contributed by atoms with Crippen LogP contribution in [0.5, 0.6) is 0 Å². The molecule has 13 aromatic rings. The van der Waals surface area contributed by atoms with Gasteiger partial charge in [-0.3, -0.25) is 0 Å². The molecule has 1 aliphatic rings. The second-order valence-corrected chi connectivity index (χ2v) is 19.2. The summed E-state index contributed by atoms with van der Waals surface area (Å²) in [4.78, 5) is 2.40. The van der Waals surface area contributed by atoms with Crippen LogP contribution in [0.3, 0.4) is 0 Å². The van der Waals surface area contributed by atoms with Gasteiger partial charge < -0.3 is 9.47 Å². The highest BCUT2D eigenvalue weighted by Crippen LogP contribution is 2.56. The standard InChI is InChI=1S/C71H48N2/c1-4-18-49(19-5-1)50-38-41-58(42-39-50)72(68-33-17-21-53-20-10-11-28-61(53)68)59-27-16-22-54(46-59)51-34-36-52(37-35-51)55-40-44-65-64-30-13-15-32-69(64)73(70(65)47-55)60-43-45-63-62-29-12-14-31-66(62)71(67(63)48-60,56-23-6-2-7-24-56)57-25-8-3-9-26-57/h1-48H. The van der Waals surface area contributed by atoms with Gasteiger partial charge in [-0.2, -0.15) is 0 Å². The molecule has 14 rings (SSSR count). The minimum absolute atomic E-state index is 0.488. The molecule has 0 bridgehead atoms. The first-order valence-corrected chi connectivity index (χ1v) is 25.2. The van der Waals surface area contributed by atoms with Crippen molar-refractivity contribution in [1.82, 2.24) is 4.57 Å². The summed E-state index contributed by atoms with van der Waals surface area (Å²) in [5, 5.41) is 4.89. The van der Waals surface area contributed by atoms with Gasteiger partial charge in [0.1, 0.15) is 0 Å². The Bertz CT molecular complexity index is 4130. The van der Waals surface area contributed by atoms with Gasteiger partial charge >= 0.3 is 0 Å². The Labute approximate surface area is 426 Å². The molecule has 2 nitrogen and oxygen atoms in total. The fourth-order valence-corrected chi connectivity index (χ4v) is 11.9. The van der Waals surface area contributed by atoms with Gasteiger partial charge in [-0.25, -0.2) is 0 Å². The van der Waals surface area contributed by atoms with E-state index in [0.29, 0.717) is 0 Å². The van der Waals surface area contributed by atoms with E-state index in [0.717, 1.165) is 33.9 Å². The lowest BCUT2D eigenvalue weighted by molar-refractivity contribution is 0.767. The van der Waals surface area contributed by atoms with Crippen molar-refractivity contribution in [1.29, 1.82) is 0 Å². The smallest absolute Gasteiger partial charge is 0.0714 e. The highest BCUT2D eigenvalue weighted by atomic mass is 15.1. The molecule has 0 unspecified atom stereocenters. The largest absolute Gasteiger partial charge is 0.310 e. The van der Waals surface area contributed by atoms with E-state index in [4.69, 9.17) is 0 Å². The Morgan fingerprint density at radius 1 is 0.288 bits per heavy atom. The zero-order valence-electron chi connectivity index (χ0n) is 40.1. The van der Waals surface area contributed by atoms with Gasteiger partial charge in [-0.05, 0) is 127 Å². The number of hydrogen-bond donors (Lipinski definition) is 0. The molecule has 12 aromatic carbocycles. The molecule has 1 aromatic heterocycles. The summed E-state index contributed by atoms with van der Waals surface area (Å²) in [6.07, 6.45) is 0. The van der Waals surface area contributed by atoms with Crippen LogP contribution in [0.4, 0.5) is 17.1 Å². The number of benzene rings is 12. The molecule has 0 saturated heterocycles. The normalized spacial score (nSPS) is 12.5. The van der Waals surface area contributed by atoms with E-state index in [9.17, 15) is 0 Å². The molecule has 2 heteroatoms. The van der Waals surface area contributed by atoms with E-state index in [1.165, 1.54) is 88.2 Å². The van der Waals surface area contributed by atoms with Crippen molar-refractivity contribution in [3.63, 3.8) is 0 Å². The predicted molar refractivity (Wildman–Crippen MR) is 307 cm³/mol. The van der Waals surface area contributed by atoms with E-state index in [1.807, 2.05) is 0 Å². The summed E-state index contributed by atoms with van der Waals surface area (Å²) < 4.78 is 2.48. The zero-order valence-corrected chi connectivity index (χ0v) is 40.1. The van der Waals surface area contributed by atoms with Crippen molar-refractivity contribution in [3.05, 3.63) is 313 Å². The molecule has 0 saturated carbocycles. The first-order chi connectivity index (χ1) is 36.2. The van der Waals surface area contributed by atoms with Crippen LogP contribution in [0.15, 0.2) is 291 Å². The summed E-state index contributed by atoms with van der Waals surface area (Å²) in [6, 6.07) is 107. The molecular formula is C71H48N2. The Balaban J connectivity index is 0.859. The maximum atomic E-state index is 2.48. The van der Waals surface area contributed by atoms with Crippen molar-refractivity contribution in [2.45, 2.75) is 5.41 Å². The molecule has 0 atom stereocenters. The summed E-state index contributed by atoms with van der Waals surface area (Å²) in [7, 11) is 0. The molecule has 0 fully saturated rings. The second-order valence-electron chi connectivity index (χ2n) is 19.2. The minimum atomic E-state index is -0.488. The van der Waals surface area contributed by atoms with Crippen molar-refractivity contribution in [3.8, 4) is 50.2 Å². The lowest BCUT2D eigenvalue weighted by atomic mass is 9.67. The van der Waals surface area contributed by atoms with Gasteiger partial charge in [0, 0.05) is 33.2 Å². The molecule has 342 valence electrons. The molecule has 1 heterocycles. The highest BCUT2D eigenvalue weighted by Gasteiger charge is 2.46. The quantitative estimate of drug-likeness (QED) is 0.140. The predicted octanol–water partition coefficient (Wildman–Crippen LogP) is 18.8. The van der Waals surface area contributed by atoms with E-state index in [1.54, 1.807) is 0 Å². The number of hydrogen-bond acceptors (Lipinski definition) is 1. The lowest BCUT2D eigenvalue weighted by Crippen LogP contribution is -2.28. The summed E-state index contributed by atoms with van der Waals surface area (Å²) in [5.41, 5.74) is 21.1. The van der Waals surface area contributed by atoms with E-state index in [2.05, 4.69) is 301 Å². The molecule has 1 aliphatic carbocycles. The average molecular weight is 929 g/mol. The number of nitrogens with zero attached hydrogens (tertiary/aromatic N) is 2. The molecule has 0 spiro atoms. The fourth-order valence-electron chi connectivity index (χ4n) is 11.9. The van der Waals surface area contributed by atoms with Crippen molar-refractivity contribution >= 4 is 49.6 Å². The summed E-state index contributed by atoms with van der Waals surface area (Å²) >= 11 is 0. The number of rotatable bonds is 9. The number of fused-ring (bicyclic) bond motifs is 7. The SMILES string of the molecule is c1ccc(-c2ccc(N(c3cccc(-c4ccc(-c5ccc6c7ccccc7n(-c7ccc8c(c7)C(c7ccccc7)(c7ccccc7)c7ccccc7-8)c6c5)cc4)c3)c3cccc4ccccc34)cc2)cc1. The van der Waals surface area contributed by atoms with Gasteiger partial charge in [-0.15, -0.1) is 0 Å². The molecule has 0 radical (unpaired) electrons. The fraction of sp³-hybridized carbons (Fsp3) is 0.0141. The minimum Gasteiger partial charge on any atom is -0.310 e. The Morgan fingerprint density at radius 2 is 0.808 bits per heavy atom. The van der Waals surface area contributed by atoms with Crippen LogP contribution in [-0.2, 0) is 5.41 Å². The van der Waals surface area contributed by atoms with Crippen molar-refractivity contribution in [2.24, 2.45) is 0 Å². The van der Waals surface area contributed by atoms with E-state index in [-0.39, 0.29) is 0 Å². The van der Waals surface area contributed by atoms with E-state index >= 15 is 0 Å². The number of anilines is 3. The average Bonchev–Trinajstić information content (AvgIpc) is 3.96. The Kier molecular flexibility index (Phi) is 10.1. The van der Waals surface area contributed by atoms with Crippen LogP contribution in [0.25, 0.3) is 82.8 Å². The molecule has 73 heavy (non-hydrogen) atoms. The van der Waals surface area contributed by atoms with E-state index < -0.39 is 5.41 Å². The third-order valence-corrected chi connectivity index (χ3v) is 15.3. The highest BCUT2D eigenvalue weighted by molar-refractivity contribution is 6.10. The summed E-state index contributed by atoms with van der Waals surface area (Å²) in [6.45, 7) is 0. The van der Waals surface area contributed by atoms with Crippen LogP contribution < -0.4 is 4.90 Å².